The van der Waals surface area contributed by atoms with Crippen LogP contribution in [0.5, 0.6) is 0 Å². The maximum Gasteiger partial charge on any atom is 0.494 e. The first kappa shape index (κ1) is 12.9. The second kappa shape index (κ2) is 4.63. The highest BCUT2D eigenvalue weighted by molar-refractivity contribution is 5.71. The standard InChI is InChI=1S/C13H15F3N2/c1-9(2)7-8-18-11-6-4-3-5-10(11)17-12(18)13(14,15)16/h3-6,9H,7-8H2,1-2H3/p+1. The Hall–Kier alpha value is -1.52. The van der Waals surface area contributed by atoms with E-state index in [-0.39, 0.29) is 0 Å². The highest BCUT2D eigenvalue weighted by Crippen LogP contribution is 2.27. The van der Waals surface area contributed by atoms with Crippen LogP contribution < -0.4 is 4.57 Å². The molecule has 18 heavy (non-hydrogen) atoms. The van der Waals surface area contributed by atoms with Crippen LogP contribution in [0.4, 0.5) is 13.2 Å². The second-order valence-electron chi connectivity index (χ2n) is 4.82. The van der Waals surface area contributed by atoms with E-state index in [4.69, 9.17) is 0 Å². The largest absolute Gasteiger partial charge is 0.494 e. The van der Waals surface area contributed by atoms with Gasteiger partial charge in [0, 0.05) is 0 Å². The van der Waals surface area contributed by atoms with Gasteiger partial charge in [-0.15, -0.1) is 0 Å². The molecule has 0 unspecified atom stereocenters. The first-order valence-electron chi connectivity index (χ1n) is 5.97. The number of hydrogen-bond donors (Lipinski definition) is 1. The Morgan fingerprint density at radius 2 is 1.89 bits per heavy atom. The molecule has 0 spiro atoms. The zero-order chi connectivity index (χ0) is 13.3. The molecule has 1 heterocycles. The Labute approximate surface area is 103 Å². The van der Waals surface area contributed by atoms with Gasteiger partial charge in [0.05, 0.1) is 6.54 Å². The lowest BCUT2D eigenvalue weighted by Gasteiger charge is -2.06. The average molecular weight is 257 g/mol. The predicted octanol–water partition coefficient (Wildman–Crippen LogP) is 3.52. The summed E-state index contributed by atoms with van der Waals surface area (Å²) < 4.78 is 40.2. The number of aromatic amines is 1. The maximum atomic E-state index is 13.0. The van der Waals surface area contributed by atoms with E-state index in [2.05, 4.69) is 4.98 Å². The molecule has 0 aliphatic carbocycles. The van der Waals surface area contributed by atoms with E-state index < -0.39 is 12.0 Å². The Bertz CT molecular complexity index is 541. The molecule has 0 aliphatic rings. The molecule has 5 heteroatoms. The molecule has 0 atom stereocenters. The van der Waals surface area contributed by atoms with Crippen LogP contribution >= 0.6 is 0 Å². The van der Waals surface area contributed by atoms with Gasteiger partial charge in [0.15, 0.2) is 11.0 Å². The minimum atomic E-state index is -4.35. The van der Waals surface area contributed by atoms with Gasteiger partial charge in [-0.2, -0.15) is 13.2 Å². The highest BCUT2D eigenvalue weighted by Gasteiger charge is 2.43. The molecule has 2 nitrogen and oxygen atoms in total. The molecule has 0 saturated carbocycles. The van der Waals surface area contributed by atoms with E-state index >= 15 is 0 Å². The van der Waals surface area contributed by atoms with Gasteiger partial charge in [-0.05, 0) is 24.5 Å². The number of para-hydroxylation sites is 2. The SMILES string of the molecule is CC(C)CC[n+]1c(C(F)(F)F)[nH]c2ccccc21. The van der Waals surface area contributed by atoms with E-state index in [1.807, 2.05) is 13.8 Å². The number of nitrogens with zero attached hydrogens (tertiary/aromatic N) is 1. The second-order valence-corrected chi connectivity index (χ2v) is 4.82. The van der Waals surface area contributed by atoms with Gasteiger partial charge in [-0.1, -0.05) is 26.0 Å². The zero-order valence-corrected chi connectivity index (χ0v) is 10.4. The van der Waals surface area contributed by atoms with Crippen LogP contribution in [0.15, 0.2) is 24.3 Å². The van der Waals surface area contributed by atoms with Crippen LogP contribution in [0.25, 0.3) is 11.0 Å². The van der Waals surface area contributed by atoms with E-state index in [9.17, 15) is 13.2 Å². The predicted molar refractivity (Wildman–Crippen MR) is 63.0 cm³/mol. The minimum Gasteiger partial charge on any atom is -0.233 e. The average Bonchev–Trinajstić information content (AvgIpc) is 2.64. The Balaban J connectivity index is 2.51. The van der Waals surface area contributed by atoms with Gasteiger partial charge < -0.3 is 0 Å². The number of alkyl halides is 3. The Morgan fingerprint density at radius 1 is 1.22 bits per heavy atom. The van der Waals surface area contributed by atoms with Crippen LogP contribution in [0, 0.1) is 5.92 Å². The number of H-pyrrole nitrogens is 1. The fraction of sp³-hybridized carbons (Fsp3) is 0.462. The molecular weight excluding hydrogens is 241 g/mol. The van der Waals surface area contributed by atoms with Crippen molar-refractivity contribution >= 4 is 11.0 Å². The third kappa shape index (κ3) is 2.49. The van der Waals surface area contributed by atoms with Crippen molar-refractivity contribution in [2.24, 2.45) is 5.92 Å². The van der Waals surface area contributed by atoms with Gasteiger partial charge in [-0.25, -0.2) is 9.55 Å². The number of hydrogen-bond acceptors (Lipinski definition) is 0. The summed E-state index contributed by atoms with van der Waals surface area (Å²) in [6, 6.07) is 6.85. The van der Waals surface area contributed by atoms with Crippen molar-refractivity contribution in [2.75, 3.05) is 0 Å². The summed E-state index contributed by atoms with van der Waals surface area (Å²) >= 11 is 0. The molecular formula is C13H16F3N2+. The van der Waals surface area contributed by atoms with Crippen molar-refractivity contribution in [1.82, 2.24) is 4.98 Å². The zero-order valence-electron chi connectivity index (χ0n) is 10.4. The van der Waals surface area contributed by atoms with Gasteiger partial charge >= 0.3 is 12.0 Å². The van der Waals surface area contributed by atoms with Gasteiger partial charge in [0.1, 0.15) is 0 Å². The summed E-state index contributed by atoms with van der Waals surface area (Å²) in [5.74, 6) is -0.309. The van der Waals surface area contributed by atoms with Crippen molar-refractivity contribution in [2.45, 2.75) is 33.0 Å². The lowest BCUT2D eigenvalue weighted by molar-refractivity contribution is -0.692. The van der Waals surface area contributed by atoms with E-state index in [0.29, 0.717) is 23.5 Å². The number of benzene rings is 1. The molecule has 2 rings (SSSR count). The molecule has 98 valence electrons. The van der Waals surface area contributed by atoms with E-state index in [1.54, 1.807) is 24.3 Å². The van der Waals surface area contributed by atoms with E-state index in [0.717, 1.165) is 6.42 Å². The molecule has 0 bridgehead atoms. The molecule has 1 aromatic heterocycles. The molecule has 2 aromatic rings. The smallest absolute Gasteiger partial charge is 0.233 e. The van der Waals surface area contributed by atoms with Crippen molar-refractivity contribution < 1.29 is 17.7 Å². The lowest BCUT2D eigenvalue weighted by Crippen LogP contribution is -2.41. The third-order valence-electron chi connectivity index (χ3n) is 2.92. The minimum absolute atomic E-state index is 0.368. The van der Waals surface area contributed by atoms with Crippen molar-refractivity contribution in [3.8, 4) is 0 Å². The molecule has 1 aromatic carbocycles. The van der Waals surface area contributed by atoms with Crippen LogP contribution in [-0.4, -0.2) is 4.98 Å². The number of imidazole rings is 1. The number of aromatic nitrogens is 2. The monoisotopic (exact) mass is 257 g/mol. The summed E-state index contributed by atoms with van der Waals surface area (Å²) in [6.45, 7) is 4.38. The molecule has 0 fully saturated rings. The molecule has 0 amide bonds. The summed E-state index contributed by atoms with van der Waals surface area (Å²) in [5.41, 5.74) is 1.12. The Kier molecular flexibility index (Phi) is 3.32. The lowest BCUT2D eigenvalue weighted by atomic mass is 10.1. The summed E-state index contributed by atoms with van der Waals surface area (Å²) in [4.78, 5) is 2.47. The van der Waals surface area contributed by atoms with Gasteiger partial charge in [0.25, 0.3) is 0 Å². The number of aryl methyl sites for hydroxylation is 1. The number of rotatable bonds is 3. The molecule has 1 N–H and O–H groups in total. The molecule has 0 radical (unpaired) electrons. The normalized spacial score (nSPS) is 12.6. The van der Waals surface area contributed by atoms with Crippen molar-refractivity contribution in [1.29, 1.82) is 0 Å². The van der Waals surface area contributed by atoms with Crippen molar-refractivity contribution in [3.63, 3.8) is 0 Å². The quantitative estimate of drug-likeness (QED) is 0.812. The molecule has 0 aliphatic heterocycles. The fourth-order valence-electron chi connectivity index (χ4n) is 1.97. The van der Waals surface area contributed by atoms with Crippen LogP contribution in [0.1, 0.15) is 26.1 Å². The maximum absolute atomic E-state index is 13.0. The third-order valence-corrected chi connectivity index (χ3v) is 2.92. The highest BCUT2D eigenvalue weighted by atomic mass is 19.4. The molecule has 0 saturated heterocycles. The van der Waals surface area contributed by atoms with Gasteiger partial charge in [-0.3, -0.25) is 0 Å². The Morgan fingerprint density at radius 3 is 2.50 bits per heavy atom. The summed E-state index contributed by atoms with van der Waals surface area (Å²) in [7, 11) is 0. The van der Waals surface area contributed by atoms with Gasteiger partial charge in [0.2, 0.25) is 0 Å². The first-order chi connectivity index (χ1) is 8.39. The summed E-state index contributed by atoms with van der Waals surface area (Å²) in [5, 5.41) is 0. The van der Waals surface area contributed by atoms with Crippen LogP contribution in [0.2, 0.25) is 0 Å². The van der Waals surface area contributed by atoms with E-state index in [1.165, 1.54) is 4.57 Å². The number of nitrogens with one attached hydrogen (secondary N) is 1. The first-order valence-corrected chi connectivity index (χ1v) is 5.97. The van der Waals surface area contributed by atoms with Crippen molar-refractivity contribution in [3.05, 3.63) is 30.1 Å². The topological polar surface area (TPSA) is 19.7 Å². The summed E-state index contributed by atoms with van der Waals surface area (Å²) in [6.07, 6.45) is -3.63. The van der Waals surface area contributed by atoms with Crippen LogP contribution in [-0.2, 0) is 12.7 Å². The number of halogens is 3. The fourth-order valence-corrected chi connectivity index (χ4v) is 1.97. The number of fused-ring (bicyclic) bond motifs is 1. The van der Waals surface area contributed by atoms with Crippen LogP contribution in [0.3, 0.4) is 0 Å².